The summed E-state index contributed by atoms with van der Waals surface area (Å²) < 4.78 is 41.8. The number of aliphatic hydroxyl groups is 2. The molecule has 318 valence electrons. The number of Topliss-reactive ketones (excluding diaryl/α,β-unsaturated/α-hetero) is 1. The molecule has 2 fully saturated rings. The first-order chi connectivity index (χ1) is 26.7. The van der Waals surface area contributed by atoms with Gasteiger partial charge in [-0.25, -0.2) is 4.79 Å². The van der Waals surface area contributed by atoms with Gasteiger partial charge < -0.3 is 43.4 Å². The molecule has 10 atom stereocenters. The Morgan fingerprint density at radius 3 is 1.84 bits per heavy atom. The smallest absolute Gasteiger partial charge is 0.338 e. The van der Waals surface area contributed by atoms with Crippen molar-refractivity contribution in [2.45, 2.75) is 141 Å². The number of hydrogen-bond donors (Lipinski definition) is 2. The highest BCUT2D eigenvalue weighted by atomic mass is 16.7. The first-order valence-electron chi connectivity index (χ1n) is 18.8. The summed E-state index contributed by atoms with van der Waals surface area (Å²) in [6, 6.07) is 7.37. The Morgan fingerprint density at radius 1 is 0.741 bits per heavy atom. The summed E-state index contributed by atoms with van der Waals surface area (Å²) in [5, 5.41) is 24.9. The van der Waals surface area contributed by atoms with E-state index in [-0.39, 0.29) is 5.56 Å². The second-order valence-electron chi connectivity index (χ2n) is 16.4. The van der Waals surface area contributed by atoms with Gasteiger partial charge in [0.1, 0.15) is 16.8 Å². The SMILES string of the molecule is CC(=O)OC1C(OC(C)=O)C(C)(C)C=CC(C)(O)C(=O)C2(O)CC(C)(OC(C)=O)C(OC(C)=O)C2C2OC(=O)CCC2(OC(=O)c2ccccc2)C1OC(=O)C(C)C. The lowest BCUT2D eigenvalue weighted by Crippen LogP contribution is -2.72. The van der Waals surface area contributed by atoms with Gasteiger partial charge in [-0.15, -0.1) is 0 Å². The predicted molar refractivity (Wildman–Crippen MR) is 197 cm³/mol. The summed E-state index contributed by atoms with van der Waals surface area (Å²) in [5.74, 6) is -11.4. The van der Waals surface area contributed by atoms with E-state index < -0.39 is 137 Å². The lowest BCUT2D eigenvalue weighted by molar-refractivity contribution is -0.265. The standard InChI is InChI=1S/C41H52O17/c1-21(2)34(47)56-33-29(52-22(3)42)32(54-24(5)44)37(7,8)18-19-38(9,50)36(49)40(51)20-39(10,57-25(6)45)30(53-23(4)43)28(40)31-41(33,17-16-27(46)55-31)58-35(48)26-14-12-11-13-15-26/h11-15,18-19,21,28-33,50-51H,16-17,20H2,1-10H3. The lowest BCUT2D eigenvalue weighted by Gasteiger charge is -2.53. The van der Waals surface area contributed by atoms with Gasteiger partial charge in [-0.05, 0) is 32.1 Å². The zero-order chi connectivity index (χ0) is 43.8. The second kappa shape index (κ2) is 16.6. The average Bonchev–Trinajstić information content (AvgIpc) is 3.32. The van der Waals surface area contributed by atoms with Crippen LogP contribution in [0.4, 0.5) is 0 Å². The molecule has 2 aliphatic carbocycles. The van der Waals surface area contributed by atoms with Crippen LogP contribution < -0.4 is 0 Å². The summed E-state index contributed by atoms with van der Waals surface area (Å²) in [6.07, 6.45) is -9.78. The van der Waals surface area contributed by atoms with Crippen LogP contribution in [0.15, 0.2) is 42.5 Å². The molecular weight excluding hydrogens is 764 g/mol. The number of carbonyl (C=O) groups excluding carboxylic acids is 8. The van der Waals surface area contributed by atoms with Crippen molar-refractivity contribution in [3.05, 3.63) is 48.0 Å². The highest BCUT2D eigenvalue weighted by molar-refractivity contribution is 5.97. The zero-order valence-corrected chi connectivity index (χ0v) is 34.2. The van der Waals surface area contributed by atoms with Crippen molar-refractivity contribution in [2.24, 2.45) is 17.3 Å². The molecule has 0 aromatic heterocycles. The minimum atomic E-state index is -2.99. The third-order valence-electron chi connectivity index (χ3n) is 10.7. The Bertz CT molecular complexity index is 1850. The van der Waals surface area contributed by atoms with Crippen LogP contribution >= 0.6 is 0 Å². The predicted octanol–water partition coefficient (Wildman–Crippen LogP) is 2.64. The summed E-state index contributed by atoms with van der Waals surface area (Å²) in [4.78, 5) is 109. The maximum Gasteiger partial charge on any atom is 0.338 e. The number of esters is 7. The first-order valence-corrected chi connectivity index (χ1v) is 18.8. The Kier molecular flexibility index (Phi) is 13.0. The van der Waals surface area contributed by atoms with Crippen molar-refractivity contribution in [2.75, 3.05) is 0 Å². The van der Waals surface area contributed by atoms with Crippen LogP contribution in [0.2, 0.25) is 0 Å². The molecule has 0 radical (unpaired) electrons. The van der Waals surface area contributed by atoms with Crippen LogP contribution in [-0.2, 0) is 66.7 Å². The van der Waals surface area contributed by atoms with Gasteiger partial charge in [0.25, 0.3) is 0 Å². The first kappa shape index (κ1) is 45.5. The van der Waals surface area contributed by atoms with Crippen LogP contribution in [-0.4, -0.2) is 111 Å². The molecule has 1 saturated carbocycles. The minimum Gasteiger partial charge on any atom is -0.458 e. The van der Waals surface area contributed by atoms with Gasteiger partial charge in [0, 0.05) is 52.4 Å². The molecule has 1 aromatic rings. The third-order valence-corrected chi connectivity index (χ3v) is 10.7. The molecule has 1 aliphatic heterocycles. The number of ether oxygens (including phenoxy) is 7. The maximum atomic E-state index is 14.9. The van der Waals surface area contributed by atoms with E-state index in [4.69, 9.17) is 33.2 Å². The second-order valence-corrected chi connectivity index (χ2v) is 16.4. The summed E-state index contributed by atoms with van der Waals surface area (Å²) in [5.41, 5.74) is -12.1. The van der Waals surface area contributed by atoms with E-state index in [1.54, 1.807) is 6.07 Å². The molecule has 1 heterocycles. The summed E-state index contributed by atoms with van der Waals surface area (Å²) in [7, 11) is 0. The van der Waals surface area contributed by atoms with Crippen LogP contribution in [0, 0.1) is 17.3 Å². The van der Waals surface area contributed by atoms with E-state index >= 15 is 0 Å². The molecule has 4 rings (SSSR count). The van der Waals surface area contributed by atoms with Crippen LogP contribution in [0.5, 0.6) is 0 Å². The molecule has 2 N–H and O–H groups in total. The largest absolute Gasteiger partial charge is 0.458 e. The number of hydrogen-bond acceptors (Lipinski definition) is 17. The van der Waals surface area contributed by atoms with Crippen LogP contribution in [0.25, 0.3) is 0 Å². The number of fused-ring (bicyclic) bond motifs is 3. The number of rotatable bonds is 8. The molecule has 3 aliphatic rings. The molecule has 0 amide bonds. The van der Waals surface area contributed by atoms with Gasteiger partial charge in [0.05, 0.1) is 17.4 Å². The van der Waals surface area contributed by atoms with Crippen molar-refractivity contribution in [3.63, 3.8) is 0 Å². The normalized spacial score (nSPS) is 34.4. The molecule has 10 unspecified atom stereocenters. The topological polar surface area (TPSA) is 242 Å². The number of benzene rings is 1. The van der Waals surface area contributed by atoms with Crippen molar-refractivity contribution in [1.82, 2.24) is 0 Å². The Labute approximate surface area is 335 Å². The van der Waals surface area contributed by atoms with Crippen LogP contribution in [0.1, 0.15) is 98.9 Å². The molecule has 17 nitrogen and oxygen atoms in total. The van der Waals surface area contributed by atoms with Crippen LogP contribution in [0.3, 0.4) is 0 Å². The van der Waals surface area contributed by atoms with E-state index in [0.29, 0.717) is 0 Å². The highest BCUT2D eigenvalue weighted by Crippen LogP contribution is 2.56. The van der Waals surface area contributed by atoms with Crippen molar-refractivity contribution < 1.29 is 81.7 Å². The quantitative estimate of drug-likeness (QED) is 0.218. The van der Waals surface area contributed by atoms with E-state index in [0.717, 1.165) is 40.7 Å². The summed E-state index contributed by atoms with van der Waals surface area (Å²) >= 11 is 0. The van der Waals surface area contributed by atoms with E-state index in [9.17, 15) is 48.6 Å². The van der Waals surface area contributed by atoms with Crippen molar-refractivity contribution in [1.29, 1.82) is 0 Å². The fourth-order valence-corrected chi connectivity index (χ4v) is 8.21. The average molecular weight is 817 g/mol. The minimum absolute atomic E-state index is 0.0848. The lowest BCUT2D eigenvalue weighted by atomic mass is 9.66. The molecule has 0 bridgehead atoms. The zero-order valence-electron chi connectivity index (χ0n) is 34.2. The van der Waals surface area contributed by atoms with Crippen molar-refractivity contribution >= 4 is 47.6 Å². The van der Waals surface area contributed by atoms with Gasteiger partial charge in [-0.3, -0.25) is 33.6 Å². The van der Waals surface area contributed by atoms with Gasteiger partial charge in [0.2, 0.25) is 0 Å². The Morgan fingerprint density at radius 2 is 1.31 bits per heavy atom. The Balaban J connectivity index is 2.30. The van der Waals surface area contributed by atoms with Gasteiger partial charge in [0.15, 0.2) is 41.9 Å². The number of ketones is 1. The maximum absolute atomic E-state index is 14.9. The fourth-order valence-electron chi connectivity index (χ4n) is 8.21. The van der Waals surface area contributed by atoms with Crippen molar-refractivity contribution in [3.8, 4) is 0 Å². The van der Waals surface area contributed by atoms with Gasteiger partial charge in [-0.2, -0.15) is 0 Å². The summed E-state index contributed by atoms with van der Waals surface area (Å²) in [6.45, 7) is 12.2. The van der Waals surface area contributed by atoms with Gasteiger partial charge in [-0.1, -0.05) is 52.0 Å². The monoisotopic (exact) mass is 816 g/mol. The molecular formula is C41H52O17. The van der Waals surface area contributed by atoms with E-state index in [2.05, 4.69) is 0 Å². The molecule has 0 spiro atoms. The number of carbonyl (C=O) groups is 8. The highest BCUT2D eigenvalue weighted by Gasteiger charge is 2.76. The van der Waals surface area contributed by atoms with E-state index in [1.807, 2.05) is 0 Å². The van der Waals surface area contributed by atoms with Gasteiger partial charge >= 0.3 is 41.8 Å². The molecule has 17 heteroatoms. The molecule has 1 aromatic carbocycles. The van der Waals surface area contributed by atoms with E-state index in [1.165, 1.54) is 65.0 Å². The Hall–Kier alpha value is -5.16. The third kappa shape index (κ3) is 9.09. The molecule has 58 heavy (non-hydrogen) atoms. The molecule has 1 saturated heterocycles. The fraction of sp³-hybridized carbons (Fsp3) is 0.610.